The summed E-state index contributed by atoms with van der Waals surface area (Å²) in [5.74, 6) is 0.932. The summed E-state index contributed by atoms with van der Waals surface area (Å²) in [6.45, 7) is 2.38. The monoisotopic (exact) mass is 291 g/mol. The summed E-state index contributed by atoms with van der Waals surface area (Å²) in [5.41, 5.74) is 0. The molecule has 0 radical (unpaired) electrons. The van der Waals surface area contributed by atoms with Gasteiger partial charge in [-0.25, -0.2) is 0 Å². The Bertz CT molecular complexity index is 375. The van der Waals surface area contributed by atoms with E-state index in [4.69, 9.17) is 0 Å². The predicted molar refractivity (Wildman–Crippen MR) is 83.0 cm³/mol. The highest BCUT2D eigenvalue weighted by atomic mass is 16.1. The van der Waals surface area contributed by atoms with E-state index in [1.165, 1.54) is 51.6 Å². The van der Waals surface area contributed by atoms with Crippen LogP contribution in [0, 0.1) is 5.92 Å². The Morgan fingerprint density at radius 3 is 2.29 bits per heavy atom. The third kappa shape index (κ3) is 3.42. The van der Waals surface area contributed by atoms with Gasteiger partial charge < -0.3 is 15.5 Å². The van der Waals surface area contributed by atoms with Crippen molar-refractivity contribution < 1.29 is 4.79 Å². The number of piperidine rings is 2. The molecule has 1 saturated carbocycles. The minimum absolute atomic E-state index is 0.311. The Labute approximate surface area is 128 Å². The molecular weight excluding hydrogens is 262 g/mol. The molecule has 4 fully saturated rings. The summed E-state index contributed by atoms with van der Waals surface area (Å²) in [7, 11) is 0. The molecule has 3 saturated heterocycles. The van der Waals surface area contributed by atoms with Crippen LogP contribution in [-0.4, -0.2) is 48.1 Å². The molecule has 21 heavy (non-hydrogen) atoms. The Balaban J connectivity index is 1.19. The number of carbonyl (C=O) groups is 1. The van der Waals surface area contributed by atoms with E-state index in [0.717, 1.165) is 25.3 Å². The number of nitrogens with one attached hydrogen (secondary N) is 2. The Hall–Kier alpha value is -0.610. The zero-order chi connectivity index (χ0) is 14.2. The first kappa shape index (κ1) is 14.0. The van der Waals surface area contributed by atoms with Crippen molar-refractivity contribution in [3.63, 3.8) is 0 Å². The Morgan fingerprint density at radius 1 is 1.00 bits per heavy atom. The predicted octanol–water partition coefficient (Wildman–Crippen LogP) is 1.65. The third-order valence-corrected chi connectivity index (χ3v) is 6.00. The minimum atomic E-state index is 0.311. The van der Waals surface area contributed by atoms with Crippen molar-refractivity contribution in [3.8, 4) is 0 Å². The molecule has 2 bridgehead atoms. The fourth-order valence-electron chi connectivity index (χ4n) is 4.74. The summed E-state index contributed by atoms with van der Waals surface area (Å²) in [6, 6.07) is 2.71. The van der Waals surface area contributed by atoms with Gasteiger partial charge in [0.15, 0.2) is 0 Å². The van der Waals surface area contributed by atoms with Gasteiger partial charge in [-0.2, -0.15) is 0 Å². The molecule has 3 heterocycles. The van der Waals surface area contributed by atoms with E-state index in [1.54, 1.807) is 0 Å². The molecule has 2 unspecified atom stereocenters. The maximum absolute atomic E-state index is 12.3. The van der Waals surface area contributed by atoms with Crippen molar-refractivity contribution in [1.29, 1.82) is 0 Å². The molecule has 1 aliphatic carbocycles. The zero-order valence-corrected chi connectivity index (χ0v) is 13.0. The van der Waals surface area contributed by atoms with E-state index >= 15 is 0 Å². The molecule has 2 atom stereocenters. The fourth-order valence-corrected chi connectivity index (χ4v) is 4.74. The van der Waals surface area contributed by atoms with Crippen molar-refractivity contribution in [1.82, 2.24) is 15.5 Å². The van der Waals surface area contributed by atoms with Crippen LogP contribution in [0.2, 0.25) is 0 Å². The van der Waals surface area contributed by atoms with Gasteiger partial charge in [-0.1, -0.05) is 0 Å². The van der Waals surface area contributed by atoms with E-state index in [9.17, 15) is 4.79 Å². The van der Waals surface area contributed by atoms with Crippen molar-refractivity contribution in [2.75, 3.05) is 13.1 Å². The van der Waals surface area contributed by atoms with E-state index in [0.29, 0.717) is 30.0 Å². The second-order valence-electron chi connectivity index (χ2n) is 7.79. The number of nitrogens with zero attached hydrogens (tertiary/aromatic N) is 1. The van der Waals surface area contributed by atoms with Gasteiger partial charge in [0.05, 0.1) is 0 Å². The largest absolute Gasteiger partial charge is 0.353 e. The molecule has 0 aromatic rings. The van der Waals surface area contributed by atoms with Crippen LogP contribution in [0.4, 0.5) is 0 Å². The summed E-state index contributed by atoms with van der Waals surface area (Å²) >= 11 is 0. The number of fused-ring (bicyclic) bond motifs is 2. The number of rotatable bonds is 4. The van der Waals surface area contributed by atoms with E-state index in [1.807, 2.05) is 0 Å². The first-order valence-corrected chi connectivity index (χ1v) is 9.06. The van der Waals surface area contributed by atoms with Crippen LogP contribution in [0.25, 0.3) is 0 Å². The van der Waals surface area contributed by atoms with Gasteiger partial charge in [-0.15, -0.1) is 0 Å². The molecule has 0 aromatic carbocycles. The van der Waals surface area contributed by atoms with E-state index < -0.39 is 0 Å². The zero-order valence-electron chi connectivity index (χ0n) is 13.0. The van der Waals surface area contributed by atoms with Crippen LogP contribution in [-0.2, 0) is 4.79 Å². The van der Waals surface area contributed by atoms with Crippen LogP contribution < -0.4 is 10.6 Å². The molecular formula is C17H29N3O. The Kier molecular flexibility index (Phi) is 3.92. The fraction of sp³-hybridized carbons (Fsp3) is 0.941. The SMILES string of the molecule is O=C(CC1CC2CCC(C1)N2)NC1CCN(C2CC2)CC1. The first-order valence-electron chi connectivity index (χ1n) is 9.06. The topological polar surface area (TPSA) is 44.4 Å². The third-order valence-electron chi connectivity index (χ3n) is 6.00. The second-order valence-corrected chi connectivity index (χ2v) is 7.79. The lowest BCUT2D eigenvalue weighted by molar-refractivity contribution is -0.123. The lowest BCUT2D eigenvalue weighted by atomic mass is 9.89. The molecule has 2 N–H and O–H groups in total. The lowest BCUT2D eigenvalue weighted by Gasteiger charge is -2.33. The van der Waals surface area contributed by atoms with Gasteiger partial charge in [0.25, 0.3) is 0 Å². The molecule has 118 valence electrons. The summed E-state index contributed by atoms with van der Waals surface area (Å²) in [4.78, 5) is 14.9. The number of hydrogen-bond donors (Lipinski definition) is 2. The first-order chi connectivity index (χ1) is 10.3. The highest BCUT2D eigenvalue weighted by molar-refractivity contribution is 5.76. The second kappa shape index (κ2) is 5.88. The molecule has 4 rings (SSSR count). The quantitative estimate of drug-likeness (QED) is 0.828. The van der Waals surface area contributed by atoms with Crippen LogP contribution in [0.5, 0.6) is 0 Å². The van der Waals surface area contributed by atoms with Gasteiger partial charge in [0.2, 0.25) is 5.91 Å². The van der Waals surface area contributed by atoms with Crippen LogP contribution >= 0.6 is 0 Å². The average molecular weight is 291 g/mol. The van der Waals surface area contributed by atoms with Gasteiger partial charge in [0, 0.05) is 43.7 Å². The van der Waals surface area contributed by atoms with Crippen molar-refractivity contribution in [2.24, 2.45) is 5.92 Å². The number of amides is 1. The molecule has 4 nitrogen and oxygen atoms in total. The maximum atomic E-state index is 12.3. The number of hydrogen-bond acceptors (Lipinski definition) is 3. The van der Waals surface area contributed by atoms with Crippen molar-refractivity contribution >= 4 is 5.91 Å². The number of carbonyl (C=O) groups excluding carboxylic acids is 1. The summed E-state index contributed by atoms with van der Waals surface area (Å²) in [5, 5.41) is 6.97. The van der Waals surface area contributed by atoms with E-state index in [2.05, 4.69) is 15.5 Å². The highest BCUT2D eigenvalue weighted by Gasteiger charge is 2.35. The molecule has 1 amide bonds. The molecule has 0 spiro atoms. The normalized spacial score (nSPS) is 37.6. The van der Waals surface area contributed by atoms with Crippen molar-refractivity contribution in [2.45, 2.75) is 82.0 Å². The summed E-state index contributed by atoms with van der Waals surface area (Å²) < 4.78 is 0. The minimum Gasteiger partial charge on any atom is -0.353 e. The Morgan fingerprint density at radius 2 is 1.67 bits per heavy atom. The molecule has 0 aromatic heterocycles. The van der Waals surface area contributed by atoms with E-state index in [-0.39, 0.29) is 0 Å². The number of likely N-dealkylation sites (tertiary alicyclic amines) is 1. The van der Waals surface area contributed by atoms with Crippen LogP contribution in [0.1, 0.15) is 57.8 Å². The average Bonchev–Trinajstić information content (AvgIpc) is 3.25. The molecule has 4 heteroatoms. The standard InChI is InChI=1S/C17H29N3O/c21-17(11-12-9-14-1-2-15(10-12)18-14)19-13-5-7-20(8-6-13)16-3-4-16/h12-16,18H,1-11H2,(H,19,21). The highest BCUT2D eigenvalue weighted by Crippen LogP contribution is 2.33. The van der Waals surface area contributed by atoms with Gasteiger partial charge >= 0.3 is 0 Å². The lowest BCUT2D eigenvalue weighted by Crippen LogP contribution is -2.46. The summed E-state index contributed by atoms with van der Waals surface area (Å²) in [6.07, 6.45) is 10.9. The molecule has 4 aliphatic rings. The van der Waals surface area contributed by atoms with Crippen molar-refractivity contribution in [3.05, 3.63) is 0 Å². The van der Waals surface area contributed by atoms with Gasteiger partial charge in [0.1, 0.15) is 0 Å². The maximum Gasteiger partial charge on any atom is 0.220 e. The molecule has 3 aliphatic heterocycles. The van der Waals surface area contributed by atoms with Crippen LogP contribution in [0.15, 0.2) is 0 Å². The smallest absolute Gasteiger partial charge is 0.220 e. The van der Waals surface area contributed by atoms with Gasteiger partial charge in [-0.05, 0) is 57.3 Å². The van der Waals surface area contributed by atoms with Crippen LogP contribution in [0.3, 0.4) is 0 Å². The van der Waals surface area contributed by atoms with Gasteiger partial charge in [-0.3, -0.25) is 4.79 Å².